The molecule has 126 valence electrons. The summed E-state index contributed by atoms with van der Waals surface area (Å²) in [5.41, 5.74) is 2.42. The van der Waals surface area contributed by atoms with Crippen molar-refractivity contribution in [1.82, 2.24) is 4.90 Å². The number of methoxy groups -OCH3 is 1. The van der Waals surface area contributed by atoms with Crippen LogP contribution < -0.4 is 0 Å². The minimum atomic E-state index is -0.290. The summed E-state index contributed by atoms with van der Waals surface area (Å²) in [5, 5.41) is 10.2. The van der Waals surface area contributed by atoms with Crippen LogP contribution in [0.4, 0.5) is 0 Å². The maximum Gasteiger partial charge on any atom is 0.130 e. The van der Waals surface area contributed by atoms with E-state index in [0.29, 0.717) is 6.42 Å². The fraction of sp³-hybridized carbons (Fsp3) is 0.722. The molecule has 5 heteroatoms. The van der Waals surface area contributed by atoms with E-state index in [9.17, 15) is 5.11 Å². The maximum absolute atomic E-state index is 10.2. The monoisotopic (exact) mass is 335 g/mol. The molecule has 5 atom stereocenters. The number of nitrogens with zero attached hydrogens (tertiary/aromatic N) is 1. The Bertz CT molecular complexity index is 613. The third kappa shape index (κ3) is 2.10. The van der Waals surface area contributed by atoms with E-state index in [1.165, 1.54) is 11.1 Å². The zero-order valence-electron chi connectivity index (χ0n) is 14.0. The Balaban J connectivity index is 1.90. The van der Waals surface area contributed by atoms with Gasteiger partial charge >= 0.3 is 0 Å². The fourth-order valence-electron chi connectivity index (χ4n) is 5.01. The van der Waals surface area contributed by atoms with E-state index in [1.54, 1.807) is 7.11 Å². The highest BCUT2D eigenvalue weighted by molar-refractivity contribution is 7.80. The third-order valence-corrected chi connectivity index (χ3v) is 6.49. The first kappa shape index (κ1) is 15.8. The summed E-state index contributed by atoms with van der Waals surface area (Å²) >= 11 is 5.91. The van der Waals surface area contributed by atoms with Crippen LogP contribution in [0.1, 0.15) is 26.2 Å². The molecule has 0 aromatic carbocycles. The van der Waals surface area contributed by atoms with Gasteiger partial charge in [-0.3, -0.25) is 4.90 Å². The lowest BCUT2D eigenvalue weighted by Crippen LogP contribution is -2.48. The molecule has 0 amide bonds. The van der Waals surface area contributed by atoms with Crippen LogP contribution in [-0.4, -0.2) is 60.4 Å². The maximum atomic E-state index is 10.2. The second-order valence-corrected chi connectivity index (χ2v) is 8.04. The van der Waals surface area contributed by atoms with Gasteiger partial charge in [0.05, 0.1) is 11.5 Å². The molecule has 5 unspecified atom stereocenters. The Hall–Kier alpha value is -0.750. The van der Waals surface area contributed by atoms with Crippen LogP contribution in [-0.2, 0) is 9.47 Å². The molecule has 1 N–H and O–H groups in total. The summed E-state index contributed by atoms with van der Waals surface area (Å²) < 4.78 is 12.2. The predicted octanol–water partition coefficient (Wildman–Crippen LogP) is 2.08. The molecular weight excluding hydrogens is 310 g/mol. The van der Waals surface area contributed by atoms with Crippen molar-refractivity contribution in [3.8, 4) is 0 Å². The van der Waals surface area contributed by atoms with E-state index < -0.39 is 0 Å². The summed E-state index contributed by atoms with van der Waals surface area (Å²) in [6, 6.07) is 0. The number of rotatable bonds is 1. The normalized spacial score (nSPS) is 43.5. The second-order valence-electron chi connectivity index (χ2n) is 7.55. The molecular formula is C18H25NO3S. The lowest BCUT2D eigenvalue weighted by atomic mass is 9.63. The number of thiocarbonyl (C=S) groups is 1. The Kier molecular flexibility index (Phi) is 3.69. The molecule has 2 fully saturated rings. The molecule has 2 aliphatic heterocycles. The highest BCUT2D eigenvalue weighted by atomic mass is 32.1. The van der Waals surface area contributed by atoms with E-state index in [-0.39, 0.29) is 29.6 Å². The highest BCUT2D eigenvalue weighted by Crippen LogP contribution is 2.58. The fourth-order valence-corrected chi connectivity index (χ4v) is 5.57. The van der Waals surface area contributed by atoms with Crippen molar-refractivity contribution in [2.75, 3.05) is 27.2 Å². The minimum absolute atomic E-state index is 0.0402. The standard InChI is InChI=1S/C18H25NO3S/c1-10-6-11-8-19(2)9-14(23)18-5-4-12(20)7-13(18)22-17(15(11)18)16(10)21-3/h6,10,12-13,16,20H,4-5,7-9H2,1-3H3. The number of likely N-dealkylation sites (tertiary alicyclic amines) is 1. The van der Waals surface area contributed by atoms with Crippen molar-refractivity contribution in [3.63, 3.8) is 0 Å². The van der Waals surface area contributed by atoms with Gasteiger partial charge in [0, 0.05) is 43.0 Å². The molecule has 23 heavy (non-hydrogen) atoms. The summed E-state index contributed by atoms with van der Waals surface area (Å²) in [4.78, 5) is 3.36. The molecule has 0 radical (unpaired) electrons. The van der Waals surface area contributed by atoms with Crippen molar-refractivity contribution in [3.05, 3.63) is 23.0 Å². The zero-order valence-corrected chi connectivity index (χ0v) is 14.9. The molecule has 2 aliphatic carbocycles. The molecule has 1 saturated carbocycles. The molecule has 0 aromatic heterocycles. The van der Waals surface area contributed by atoms with Crippen LogP contribution in [0.15, 0.2) is 23.0 Å². The lowest BCUT2D eigenvalue weighted by Gasteiger charge is -2.41. The van der Waals surface area contributed by atoms with Gasteiger partial charge in [-0.2, -0.15) is 0 Å². The van der Waals surface area contributed by atoms with Crippen molar-refractivity contribution < 1.29 is 14.6 Å². The van der Waals surface area contributed by atoms with Crippen molar-refractivity contribution in [2.45, 2.75) is 44.5 Å². The first-order chi connectivity index (χ1) is 11.0. The van der Waals surface area contributed by atoms with Gasteiger partial charge in [0.25, 0.3) is 0 Å². The first-order valence-electron chi connectivity index (χ1n) is 8.52. The SMILES string of the molecule is COC1C2=C3C(=CC1C)CN(C)CC(=S)C31CCC(O)CC1O2. The Morgan fingerprint density at radius 3 is 2.96 bits per heavy atom. The first-order valence-corrected chi connectivity index (χ1v) is 8.93. The predicted molar refractivity (Wildman–Crippen MR) is 92.3 cm³/mol. The summed E-state index contributed by atoms with van der Waals surface area (Å²) in [6.45, 7) is 3.90. The van der Waals surface area contributed by atoms with Crippen LogP contribution in [0.25, 0.3) is 0 Å². The molecule has 4 nitrogen and oxygen atoms in total. The number of aliphatic hydroxyl groups excluding tert-OH is 1. The highest BCUT2D eigenvalue weighted by Gasteiger charge is 2.59. The van der Waals surface area contributed by atoms with Gasteiger partial charge < -0.3 is 14.6 Å². The van der Waals surface area contributed by atoms with Crippen LogP contribution in [0.2, 0.25) is 0 Å². The Morgan fingerprint density at radius 1 is 1.43 bits per heavy atom. The van der Waals surface area contributed by atoms with Crippen molar-refractivity contribution in [1.29, 1.82) is 0 Å². The van der Waals surface area contributed by atoms with Gasteiger partial charge in [-0.25, -0.2) is 0 Å². The molecule has 4 rings (SSSR count). The Morgan fingerprint density at radius 2 is 2.22 bits per heavy atom. The minimum Gasteiger partial charge on any atom is -0.490 e. The lowest BCUT2D eigenvalue weighted by molar-refractivity contribution is -0.0287. The topological polar surface area (TPSA) is 41.9 Å². The van der Waals surface area contributed by atoms with Crippen LogP contribution >= 0.6 is 12.2 Å². The van der Waals surface area contributed by atoms with E-state index in [0.717, 1.165) is 36.6 Å². The van der Waals surface area contributed by atoms with Crippen molar-refractivity contribution in [2.24, 2.45) is 11.3 Å². The number of hydrogen-bond acceptors (Lipinski definition) is 5. The van der Waals surface area contributed by atoms with Gasteiger partial charge in [-0.05, 0) is 25.5 Å². The smallest absolute Gasteiger partial charge is 0.130 e. The van der Waals surface area contributed by atoms with Crippen LogP contribution in [0.5, 0.6) is 0 Å². The largest absolute Gasteiger partial charge is 0.490 e. The molecule has 1 saturated heterocycles. The summed E-state index contributed by atoms with van der Waals surface area (Å²) in [7, 11) is 3.88. The number of aliphatic hydroxyl groups is 1. The zero-order chi connectivity index (χ0) is 16.4. The van der Waals surface area contributed by atoms with Gasteiger partial charge in [0.2, 0.25) is 0 Å². The van der Waals surface area contributed by atoms with Gasteiger partial charge in [0.15, 0.2) is 0 Å². The van der Waals surface area contributed by atoms with Crippen LogP contribution in [0.3, 0.4) is 0 Å². The molecule has 4 aliphatic rings. The van der Waals surface area contributed by atoms with E-state index in [2.05, 4.69) is 24.9 Å². The summed E-state index contributed by atoms with van der Waals surface area (Å²) in [5.74, 6) is 1.27. The average molecular weight is 335 g/mol. The quantitative estimate of drug-likeness (QED) is 0.743. The molecule has 0 aromatic rings. The molecule has 2 heterocycles. The van der Waals surface area contributed by atoms with Crippen LogP contribution in [0, 0.1) is 11.3 Å². The Labute approximate surface area is 143 Å². The number of hydrogen-bond donors (Lipinski definition) is 1. The van der Waals surface area contributed by atoms with Gasteiger partial charge in [-0.15, -0.1) is 0 Å². The van der Waals surface area contributed by atoms with E-state index in [1.807, 2.05) is 0 Å². The number of likely N-dealkylation sites (N-methyl/N-ethyl adjacent to an activating group) is 1. The summed E-state index contributed by atoms with van der Waals surface area (Å²) in [6.07, 6.45) is 4.31. The van der Waals surface area contributed by atoms with Gasteiger partial charge in [-0.1, -0.05) is 25.2 Å². The van der Waals surface area contributed by atoms with E-state index in [4.69, 9.17) is 21.7 Å². The third-order valence-electron chi connectivity index (χ3n) is 6.00. The van der Waals surface area contributed by atoms with Crippen molar-refractivity contribution >= 4 is 17.1 Å². The molecule has 1 spiro atoms. The average Bonchev–Trinajstić information content (AvgIpc) is 2.77. The van der Waals surface area contributed by atoms with E-state index >= 15 is 0 Å². The van der Waals surface area contributed by atoms with Gasteiger partial charge in [0.1, 0.15) is 18.0 Å². The second kappa shape index (κ2) is 5.38. The molecule has 0 bridgehead atoms. The number of ether oxygens (including phenoxy) is 2.